The van der Waals surface area contributed by atoms with Crippen LogP contribution in [0.4, 0.5) is 0 Å². The van der Waals surface area contributed by atoms with Gasteiger partial charge in [-0.3, -0.25) is 0 Å². The molecule has 0 aliphatic carbocycles. The van der Waals surface area contributed by atoms with Gasteiger partial charge in [0.2, 0.25) is 0 Å². The molecule has 0 fully saturated rings. The summed E-state index contributed by atoms with van der Waals surface area (Å²) in [6.07, 6.45) is 15.3. The first-order chi connectivity index (χ1) is 21.2. The summed E-state index contributed by atoms with van der Waals surface area (Å²) in [4.78, 5) is 0. The molecule has 0 aliphatic heterocycles. The number of benzene rings is 4. The van der Waals surface area contributed by atoms with Crippen LogP contribution in [-0.2, 0) is 13.2 Å². The van der Waals surface area contributed by atoms with E-state index in [0.717, 1.165) is 22.3 Å². The molecule has 232 valence electrons. The first-order valence-corrected chi connectivity index (χ1v) is 14.2. The number of allylic oxidation sites excluding steroid dienone is 4. The molecule has 6 N–H and O–H groups in total. The van der Waals surface area contributed by atoms with Crippen LogP contribution in [0, 0.1) is 0 Å². The number of hydrogen-bond donors (Lipinski definition) is 6. The van der Waals surface area contributed by atoms with Gasteiger partial charge >= 0.3 is 0 Å². The van der Waals surface area contributed by atoms with Crippen LogP contribution >= 0.6 is 0 Å². The molecule has 0 bridgehead atoms. The lowest BCUT2D eigenvalue weighted by molar-refractivity contribution is 0.260. The van der Waals surface area contributed by atoms with Gasteiger partial charge in [-0.25, -0.2) is 0 Å². The molecule has 0 saturated carbocycles. The number of aliphatic hydroxyl groups is 2. The van der Waals surface area contributed by atoms with Gasteiger partial charge in [-0.1, -0.05) is 109 Å². The van der Waals surface area contributed by atoms with Gasteiger partial charge < -0.3 is 30.6 Å². The van der Waals surface area contributed by atoms with Crippen molar-refractivity contribution in [1.82, 2.24) is 0 Å². The van der Waals surface area contributed by atoms with Crippen molar-refractivity contribution >= 4 is 24.3 Å². The highest BCUT2D eigenvalue weighted by Crippen LogP contribution is 2.29. The molecule has 6 nitrogen and oxygen atoms in total. The highest BCUT2D eigenvalue weighted by atomic mass is 16.3. The Morgan fingerprint density at radius 1 is 0.455 bits per heavy atom. The van der Waals surface area contributed by atoms with Crippen LogP contribution in [0.15, 0.2) is 109 Å². The van der Waals surface area contributed by atoms with Gasteiger partial charge in [-0.05, 0) is 79.8 Å². The quantitative estimate of drug-likeness (QED) is 0.124. The minimum atomic E-state index is -0.0850. The molecule has 0 radical (unpaired) electrons. The van der Waals surface area contributed by atoms with Crippen LogP contribution in [0.25, 0.3) is 24.3 Å². The lowest BCUT2D eigenvalue weighted by Crippen LogP contribution is -1.94. The lowest BCUT2D eigenvalue weighted by atomic mass is 10.0. The molecule has 44 heavy (non-hydrogen) atoms. The summed E-state index contributed by atoms with van der Waals surface area (Å²) >= 11 is 0. The normalized spacial score (nSPS) is 10.7. The Balaban J connectivity index is 0.000000295. The van der Waals surface area contributed by atoms with Crippen LogP contribution in [0.5, 0.6) is 23.0 Å². The Labute approximate surface area is 261 Å². The topological polar surface area (TPSA) is 121 Å². The molecule has 0 atom stereocenters. The average molecular weight is 597 g/mol. The van der Waals surface area contributed by atoms with E-state index in [9.17, 15) is 5.11 Å². The highest BCUT2D eigenvalue weighted by Gasteiger charge is 2.01. The summed E-state index contributed by atoms with van der Waals surface area (Å²) in [5.74, 6) is -0.315. The van der Waals surface area contributed by atoms with E-state index in [1.807, 2.05) is 94.5 Å². The van der Waals surface area contributed by atoms with Gasteiger partial charge in [0.25, 0.3) is 0 Å². The summed E-state index contributed by atoms with van der Waals surface area (Å²) in [6, 6.07) is 25.5. The van der Waals surface area contributed by atoms with Crippen LogP contribution in [0.1, 0.15) is 61.1 Å². The van der Waals surface area contributed by atoms with Crippen molar-refractivity contribution in [1.29, 1.82) is 0 Å². The van der Waals surface area contributed by atoms with Gasteiger partial charge in [0, 0.05) is 5.56 Å². The molecular formula is C38H44O6. The Bertz CT molecular complexity index is 1500. The SMILES string of the molecule is C/C=C/c1ccc(CO)c(CO)c1.C/C=C/c1ccc(O)c(O)c1.C/C=C/c1cccc(O)c1O.C/C=C/c1ccccc1. The van der Waals surface area contributed by atoms with E-state index in [2.05, 4.69) is 18.2 Å². The predicted molar refractivity (Wildman–Crippen MR) is 183 cm³/mol. The zero-order chi connectivity index (χ0) is 32.7. The summed E-state index contributed by atoms with van der Waals surface area (Å²) in [5.41, 5.74) is 5.40. The van der Waals surface area contributed by atoms with Gasteiger partial charge in [-0.2, -0.15) is 0 Å². The third kappa shape index (κ3) is 13.7. The molecule has 0 amide bonds. The van der Waals surface area contributed by atoms with E-state index < -0.39 is 0 Å². The number of phenolic OH excluding ortho intramolecular Hbond substituents is 4. The third-order valence-electron chi connectivity index (χ3n) is 5.84. The maximum atomic E-state index is 9.23. The Morgan fingerprint density at radius 3 is 1.55 bits per heavy atom. The predicted octanol–water partition coefficient (Wildman–Crippen LogP) is 8.69. The highest BCUT2D eigenvalue weighted by molar-refractivity contribution is 5.61. The number of hydrogen-bond acceptors (Lipinski definition) is 6. The minimum absolute atomic E-state index is 0.0218. The second kappa shape index (κ2) is 21.6. The number of para-hydroxylation sites is 1. The minimum Gasteiger partial charge on any atom is -0.504 e. The van der Waals surface area contributed by atoms with Crippen molar-refractivity contribution in [3.63, 3.8) is 0 Å². The largest absolute Gasteiger partial charge is 0.504 e. The van der Waals surface area contributed by atoms with Crippen molar-refractivity contribution in [3.05, 3.63) is 143 Å². The fourth-order valence-electron chi connectivity index (χ4n) is 3.70. The number of rotatable bonds is 6. The van der Waals surface area contributed by atoms with Crippen molar-refractivity contribution in [3.8, 4) is 23.0 Å². The fourth-order valence-corrected chi connectivity index (χ4v) is 3.70. The first kappa shape index (κ1) is 37.0. The number of phenols is 4. The zero-order valence-corrected chi connectivity index (χ0v) is 25.8. The zero-order valence-electron chi connectivity index (χ0n) is 25.8. The van der Waals surface area contributed by atoms with E-state index >= 15 is 0 Å². The van der Waals surface area contributed by atoms with E-state index in [1.165, 1.54) is 23.8 Å². The maximum absolute atomic E-state index is 9.23. The summed E-state index contributed by atoms with van der Waals surface area (Å²) in [7, 11) is 0. The molecule has 4 aromatic carbocycles. The van der Waals surface area contributed by atoms with Crippen LogP contribution in [0.3, 0.4) is 0 Å². The standard InChI is InChI=1S/C11H14O2.2C9H10O2.C9H10/c1-2-3-9-4-5-10(7-12)11(6-9)8-13;1-2-4-7-5-3-6-8(10)9(7)11;1-2-3-7-4-5-8(10)9(11)6-7;1-2-6-9-7-4-3-5-8-9/h2-6,12-13H,7-8H2,1H3;2*2-6,10-11H,1H3;2-8H,1H3/b3-2+;4-2+;3-2+;6-2+. The van der Waals surface area contributed by atoms with Gasteiger partial charge in [0.05, 0.1) is 13.2 Å². The molecule has 4 rings (SSSR count). The van der Waals surface area contributed by atoms with E-state index in [1.54, 1.807) is 30.4 Å². The average Bonchev–Trinajstić information content (AvgIpc) is 3.03. The van der Waals surface area contributed by atoms with E-state index in [-0.39, 0.29) is 36.2 Å². The van der Waals surface area contributed by atoms with Gasteiger partial charge in [0.1, 0.15) is 0 Å². The van der Waals surface area contributed by atoms with Crippen molar-refractivity contribution in [2.45, 2.75) is 40.9 Å². The molecule has 0 aliphatic rings. The number of aliphatic hydroxyl groups excluding tert-OH is 2. The van der Waals surface area contributed by atoms with E-state index in [4.69, 9.17) is 25.5 Å². The molecule has 0 heterocycles. The second-order valence-electron chi connectivity index (χ2n) is 9.22. The third-order valence-corrected chi connectivity index (χ3v) is 5.84. The Kier molecular flexibility index (Phi) is 18.2. The summed E-state index contributed by atoms with van der Waals surface area (Å²) in [5, 5.41) is 54.2. The van der Waals surface area contributed by atoms with Crippen LogP contribution in [-0.4, -0.2) is 30.6 Å². The molecule has 0 aromatic heterocycles. The molecule has 0 spiro atoms. The molecule has 0 unspecified atom stereocenters. The van der Waals surface area contributed by atoms with Gasteiger partial charge in [0.15, 0.2) is 23.0 Å². The lowest BCUT2D eigenvalue weighted by Gasteiger charge is -2.05. The Hall–Kier alpha value is -5.04. The van der Waals surface area contributed by atoms with Crippen LogP contribution < -0.4 is 0 Å². The molecule has 0 saturated heterocycles. The Morgan fingerprint density at radius 2 is 1.00 bits per heavy atom. The van der Waals surface area contributed by atoms with E-state index in [0.29, 0.717) is 5.56 Å². The van der Waals surface area contributed by atoms with Gasteiger partial charge in [-0.15, -0.1) is 0 Å². The second-order valence-corrected chi connectivity index (χ2v) is 9.22. The molecule has 4 aromatic rings. The van der Waals surface area contributed by atoms with Crippen molar-refractivity contribution in [2.24, 2.45) is 0 Å². The molecular weight excluding hydrogens is 552 g/mol. The monoisotopic (exact) mass is 596 g/mol. The maximum Gasteiger partial charge on any atom is 0.164 e. The summed E-state index contributed by atoms with van der Waals surface area (Å²) in [6.45, 7) is 7.66. The van der Waals surface area contributed by atoms with Crippen molar-refractivity contribution in [2.75, 3.05) is 0 Å². The van der Waals surface area contributed by atoms with Crippen LogP contribution in [0.2, 0.25) is 0 Å². The fraction of sp³-hybridized carbons (Fsp3) is 0.158. The smallest absolute Gasteiger partial charge is 0.164 e. The van der Waals surface area contributed by atoms with Crippen molar-refractivity contribution < 1.29 is 30.6 Å². The first-order valence-electron chi connectivity index (χ1n) is 14.2. The summed E-state index contributed by atoms with van der Waals surface area (Å²) < 4.78 is 0. The number of aromatic hydroxyl groups is 4. The molecule has 6 heteroatoms.